The number of hydrogen-bond acceptors (Lipinski definition) is 6. The van der Waals surface area contributed by atoms with E-state index in [0.717, 1.165) is 5.69 Å². The number of imidazole rings is 1. The summed E-state index contributed by atoms with van der Waals surface area (Å²) in [4.78, 5) is 31.7. The zero-order valence-electron chi connectivity index (χ0n) is 20.0. The summed E-state index contributed by atoms with van der Waals surface area (Å²) in [5, 5.41) is 24.2. The van der Waals surface area contributed by atoms with Crippen molar-refractivity contribution in [3.8, 4) is 5.69 Å². The van der Waals surface area contributed by atoms with Crippen LogP contribution in [0.1, 0.15) is 52.5 Å². The fraction of sp³-hybridized carbons (Fsp3) is 0.320. The average molecular weight is 476 g/mol. The van der Waals surface area contributed by atoms with Crippen molar-refractivity contribution in [3.63, 3.8) is 0 Å². The first kappa shape index (κ1) is 24.1. The van der Waals surface area contributed by atoms with Gasteiger partial charge in [-0.1, -0.05) is 32.0 Å². The van der Waals surface area contributed by atoms with Crippen LogP contribution >= 0.6 is 0 Å². The number of carbonyl (C=O) groups excluding carboxylic acids is 2. The third-order valence-corrected chi connectivity index (χ3v) is 5.61. The van der Waals surface area contributed by atoms with Gasteiger partial charge in [0.1, 0.15) is 17.0 Å². The van der Waals surface area contributed by atoms with E-state index in [4.69, 9.17) is 0 Å². The Balaban J connectivity index is 1.49. The number of para-hydroxylation sites is 1. The summed E-state index contributed by atoms with van der Waals surface area (Å²) in [6, 6.07) is 12.5. The molecular formula is C25H29N7O3. The number of pyridine rings is 1. The molecule has 3 N–H and O–H groups in total. The van der Waals surface area contributed by atoms with E-state index in [9.17, 15) is 14.7 Å². The second-order valence-electron chi connectivity index (χ2n) is 8.78. The normalized spacial score (nSPS) is 12.1. The molecule has 0 aliphatic rings. The standard InChI is InChI=1S/C25H29N7O3/c1-16(2)12-18(15-33)28-25(35)22-14-26-23-20(10-7-11-31(22)23)24(34)27-13-21-17(3)29-32(30-21)19-8-5-4-6-9-19/h4-11,14,16,18,33H,12-13,15H2,1-3H3,(H,27,34)(H,28,35)/t18-/m0/s1. The van der Waals surface area contributed by atoms with Crippen LogP contribution in [0, 0.1) is 12.8 Å². The number of hydrogen-bond donors (Lipinski definition) is 3. The summed E-state index contributed by atoms with van der Waals surface area (Å²) in [7, 11) is 0. The Bertz CT molecular complexity index is 1330. The van der Waals surface area contributed by atoms with Gasteiger partial charge in [-0.25, -0.2) is 4.98 Å². The van der Waals surface area contributed by atoms with E-state index in [-0.39, 0.29) is 31.0 Å². The molecule has 1 atom stereocenters. The lowest BCUT2D eigenvalue weighted by Crippen LogP contribution is -2.38. The van der Waals surface area contributed by atoms with Crippen molar-refractivity contribution in [1.29, 1.82) is 0 Å². The first-order chi connectivity index (χ1) is 16.9. The van der Waals surface area contributed by atoms with E-state index in [2.05, 4.69) is 25.8 Å². The van der Waals surface area contributed by atoms with Crippen molar-refractivity contribution in [2.45, 2.75) is 39.8 Å². The van der Waals surface area contributed by atoms with E-state index in [0.29, 0.717) is 40.6 Å². The minimum Gasteiger partial charge on any atom is -0.394 e. The van der Waals surface area contributed by atoms with Gasteiger partial charge in [-0.2, -0.15) is 15.0 Å². The predicted octanol–water partition coefficient (Wildman–Crippen LogP) is 2.29. The van der Waals surface area contributed by atoms with Gasteiger partial charge in [0.05, 0.1) is 42.3 Å². The lowest BCUT2D eigenvalue weighted by atomic mass is 10.0. The largest absolute Gasteiger partial charge is 0.394 e. The van der Waals surface area contributed by atoms with E-state index < -0.39 is 0 Å². The number of amides is 2. The fourth-order valence-electron chi connectivity index (χ4n) is 3.87. The van der Waals surface area contributed by atoms with E-state index >= 15 is 0 Å². The highest BCUT2D eigenvalue weighted by molar-refractivity contribution is 6.01. The minimum atomic E-state index is -0.358. The molecule has 4 rings (SSSR count). The molecule has 0 fully saturated rings. The van der Waals surface area contributed by atoms with Crippen molar-refractivity contribution < 1.29 is 14.7 Å². The topological polar surface area (TPSA) is 126 Å². The first-order valence-electron chi connectivity index (χ1n) is 11.5. The van der Waals surface area contributed by atoms with Gasteiger partial charge in [-0.15, -0.1) is 0 Å². The molecule has 0 radical (unpaired) electrons. The molecule has 3 aromatic heterocycles. The number of rotatable bonds is 9. The van der Waals surface area contributed by atoms with Crippen LogP contribution in [0.2, 0.25) is 0 Å². The van der Waals surface area contributed by atoms with Crippen LogP contribution in [-0.2, 0) is 6.54 Å². The molecule has 4 aromatic rings. The van der Waals surface area contributed by atoms with Crippen LogP contribution in [0.25, 0.3) is 11.3 Å². The number of nitrogens with zero attached hydrogens (tertiary/aromatic N) is 5. The lowest BCUT2D eigenvalue weighted by molar-refractivity contribution is 0.0900. The predicted molar refractivity (Wildman–Crippen MR) is 130 cm³/mol. The molecule has 0 aliphatic carbocycles. The molecule has 0 saturated carbocycles. The molecule has 10 heteroatoms. The summed E-state index contributed by atoms with van der Waals surface area (Å²) < 4.78 is 1.57. The zero-order valence-corrected chi connectivity index (χ0v) is 20.0. The maximum atomic E-state index is 13.0. The summed E-state index contributed by atoms with van der Waals surface area (Å²) in [6.45, 7) is 5.94. The Morgan fingerprint density at radius 1 is 1.06 bits per heavy atom. The smallest absolute Gasteiger partial charge is 0.270 e. The van der Waals surface area contributed by atoms with Gasteiger partial charge in [0.15, 0.2) is 0 Å². The molecule has 1 aromatic carbocycles. The Morgan fingerprint density at radius 3 is 2.54 bits per heavy atom. The molecule has 0 saturated heterocycles. The number of nitrogens with one attached hydrogen (secondary N) is 2. The van der Waals surface area contributed by atoms with Crippen molar-refractivity contribution in [1.82, 2.24) is 35.0 Å². The van der Waals surface area contributed by atoms with Crippen LogP contribution in [-0.4, -0.2) is 53.9 Å². The fourth-order valence-corrected chi connectivity index (χ4v) is 3.87. The van der Waals surface area contributed by atoms with Gasteiger partial charge in [0.2, 0.25) is 0 Å². The SMILES string of the molecule is Cc1nn(-c2ccccc2)nc1CNC(=O)c1cccn2c(C(=O)N[C@H](CO)CC(C)C)cnc12. The Kier molecular flexibility index (Phi) is 7.21. The minimum absolute atomic E-state index is 0.150. The number of benzene rings is 1. The summed E-state index contributed by atoms with van der Waals surface area (Å²) >= 11 is 0. The highest BCUT2D eigenvalue weighted by Gasteiger charge is 2.20. The number of aliphatic hydroxyl groups excluding tert-OH is 1. The number of aromatic nitrogens is 5. The maximum absolute atomic E-state index is 13.0. The zero-order chi connectivity index (χ0) is 24.9. The summed E-state index contributed by atoms with van der Waals surface area (Å²) in [5.74, 6) is -0.374. The van der Waals surface area contributed by atoms with Gasteiger partial charge in [0, 0.05) is 6.20 Å². The second-order valence-corrected chi connectivity index (χ2v) is 8.78. The van der Waals surface area contributed by atoms with Gasteiger partial charge in [-0.05, 0) is 43.5 Å². The molecule has 0 spiro atoms. The van der Waals surface area contributed by atoms with Crippen LogP contribution in [0.4, 0.5) is 0 Å². The maximum Gasteiger partial charge on any atom is 0.270 e. The van der Waals surface area contributed by atoms with Crippen LogP contribution in [0.3, 0.4) is 0 Å². The molecule has 0 unspecified atom stereocenters. The molecule has 3 heterocycles. The number of aliphatic hydroxyl groups is 1. The Hall–Kier alpha value is -4.05. The molecule has 182 valence electrons. The monoisotopic (exact) mass is 475 g/mol. The third-order valence-electron chi connectivity index (χ3n) is 5.61. The molecule has 2 amide bonds. The van der Waals surface area contributed by atoms with Gasteiger partial charge < -0.3 is 15.7 Å². The molecule has 35 heavy (non-hydrogen) atoms. The van der Waals surface area contributed by atoms with Crippen LogP contribution in [0.15, 0.2) is 54.9 Å². The van der Waals surface area contributed by atoms with Crippen LogP contribution < -0.4 is 10.6 Å². The highest BCUT2D eigenvalue weighted by Crippen LogP contribution is 2.14. The quantitative estimate of drug-likeness (QED) is 0.341. The summed E-state index contributed by atoms with van der Waals surface area (Å²) in [5.41, 5.74) is 3.19. The number of aryl methyl sites for hydroxylation is 1. The van der Waals surface area contributed by atoms with E-state index in [1.165, 1.54) is 11.0 Å². The third kappa shape index (κ3) is 5.38. The average Bonchev–Trinajstić information content (AvgIpc) is 3.45. The van der Waals surface area contributed by atoms with Crippen molar-refractivity contribution in [3.05, 3.63) is 77.5 Å². The molecule has 0 bridgehead atoms. The highest BCUT2D eigenvalue weighted by atomic mass is 16.3. The number of carbonyl (C=O) groups is 2. The van der Waals surface area contributed by atoms with Gasteiger partial charge >= 0.3 is 0 Å². The van der Waals surface area contributed by atoms with Gasteiger partial charge in [-0.3, -0.25) is 14.0 Å². The van der Waals surface area contributed by atoms with Crippen molar-refractivity contribution >= 4 is 17.5 Å². The van der Waals surface area contributed by atoms with E-state index in [1.54, 1.807) is 22.7 Å². The van der Waals surface area contributed by atoms with Gasteiger partial charge in [0.25, 0.3) is 11.8 Å². The van der Waals surface area contributed by atoms with Crippen molar-refractivity contribution in [2.24, 2.45) is 5.92 Å². The molecule has 0 aliphatic heterocycles. The molecule has 10 nitrogen and oxygen atoms in total. The Labute approximate surface area is 203 Å². The molecular weight excluding hydrogens is 446 g/mol. The Morgan fingerprint density at radius 2 is 1.83 bits per heavy atom. The van der Waals surface area contributed by atoms with E-state index in [1.807, 2.05) is 51.1 Å². The number of fused-ring (bicyclic) bond motifs is 1. The van der Waals surface area contributed by atoms with Crippen molar-refractivity contribution in [2.75, 3.05) is 6.61 Å². The summed E-state index contributed by atoms with van der Waals surface area (Å²) in [6.07, 6.45) is 3.77. The second kappa shape index (κ2) is 10.5. The lowest BCUT2D eigenvalue weighted by Gasteiger charge is -2.18. The first-order valence-corrected chi connectivity index (χ1v) is 11.5. The van der Waals surface area contributed by atoms with Crippen LogP contribution in [0.5, 0.6) is 0 Å².